The second-order valence-corrected chi connectivity index (χ2v) is 4.36. The summed E-state index contributed by atoms with van der Waals surface area (Å²) in [5.74, 6) is -3.85. The van der Waals surface area contributed by atoms with E-state index in [0.717, 1.165) is 12.3 Å². The molecule has 0 aliphatic carbocycles. The third-order valence-electron chi connectivity index (χ3n) is 2.90. The normalized spacial score (nSPS) is 31.3. The standard InChI is InChI=1S/C10H13F2N3O4/c1-4(16)6-7(17)10(11,12)8(19-6)15-3-2-5(13)14-9(15)18/h2-4,6-8,16-17H,1H3,(H2,13,14,18)/t4?,6-,7?,8-/m1/s1. The highest BCUT2D eigenvalue weighted by Crippen LogP contribution is 2.43. The van der Waals surface area contributed by atoms with E-state index in [0.29, 0.717) is 4.57 Å². The summed E-state index contributed by atoms with van der Waals surface area (Å²) in [5, 5.41) is 18.8. The van der Waals surface area contributed by atoms with Crippen molar-refractivity contribution in [3.05, 3.63) is 22.7 Å². The van der Waals surface area contributed by atoms with Gasteiger partial charge >= 0.3 is 11.6 Å². The molecule has 0 aromatic carbocycles. The zero-order valence-electron chi connectivity index (χ0n) is 9.90. The monoisotopic (exact) mass is 277 g/mol. The zero-order valence-corrected chi connectivity index (χ0v) is 9.90. The van der Waals surface area contributed by atoms with Crippen molar-refractivity contribution in [2.24, 2.45) is 0 Å². The highest BCUT2D eigenvalue weighted by Gasteiger charge is 2.60. The van der Waals surface area contributed by atoms with E-state index in [1.54, 1.807) is 0 Å². The molecule has 106 valence electrons. The summed E-state index contributed by atoms with van der Waals surface area (Å²) in [4.78, 5) is 14.8. The Hall–Kier alpha value is -1.58. The van der Waals surface area contributed by atoms with Gasteiger partial charge in [0.15, 0.2) is 6.10 Å². The molecular weight excluding hydrogens is 264 g/mol. The van der Waals surface area contributed by atoms with Crippen LogP contribution in [-0.4, -0.2) is 44.0 Å². The number of anilines is 1. The SMILES string of the molecule is CC(O)[C@H]1O[C@@H](n2ccc(N)nc2=O)C(F)(F)C1O. The lowest BCUT2D eigenvalue weighted by molar-refractivity contribution is -0.141. The molecule has 0 radical (unpaired) electrons. The Morgan fingerprint density at radius 1 is 1.63 bits per heavy atom. The molecule has 9 heteroatoms. The Kier molecular flexibility index (Phi) is 3.29. The number of aliphatic hydroxyl groups excluding tert-OH is 2. The third kappa shape index (κ3) is 2.20. The summed E-state index contributed by atoms with van der Waals surface area (Å²) in [6, 6.07) is 1.16. The van der Waals surface area contributed by atoms with Crippen molar-refractivity contribution in [1.82, 2.24) is 9.55 Å². The number of hydrogen-bond donors (Lipinski definition) is 3. The lowest BCUT2D eigenvalue weighted by Crippen LogP contribution is -2.43. The van der Waals surface area contributed by atoms with Gasteiger partial charge < -0.3 is 20.7 Å². The average Bonchev–Trinajstić information content (AvgIpc) is 2.52. The van der Waals surface area contributed by atoms with Crippen molar-refractivity contribution in [2.45, 2.75) is 37.4 Å². The first-order chi connectivity index (χ1) is 8.75. The van der Waals surface area contributed by atoms with E-state index >= 15 is 0 Å². The van der Waals surface area contributed by atoms with Gasteiger partial charge in [0.2, 0.25) is 6.23 Å². The fourth-order valence-corrected chi connectivity index (χ4v) is 1.91. The molecule has 1 aromatic heterocycles. The van der Waals surface area contributed by atoms with Gasteiger partial charge in [-0.05, 0) is 13.0 Å². The van der Waals surface area contributed by atoms with E-state index in [9.17, 15) is 23.8 Å². The van der Waals surface area contributed by atoms with Crippen LogP contribution in [0, 0.1) is 0 Å². The van der Waals surface area contributed by atoms with Gasteiger partial charge in [-0.15, -0.1) is 0 Å². The molecule has 1 aliphatic heterocycles. The molecule has 4 atom stereocenters. The maximum absolute atomic E-state index is 13.9. The fourth-order valence-electron chi connectivity index (χ4n) is 1.91. The molecule has 0 bridgehead atoms. The summed E-state index contributed by atoms with van der Waals surface area (Å²) in [6.07, 6.45) is -6.07. The van der Waals surface area contributed by atoms with Crippen LogP contribution in [0.2, 0.25) is 0 Å². The predicted octanol–water partition coefficient (Wildman–Crippen LogP) is -0.900. The lowest BCUT2D eigenvalue weighted by Gasteiger charge is -2.20. The van der Waals surface area contributed by atoms with Gasteiger partial charge in [-0.25, -0.2) is 4.79 Å². The van der Waals surface area contributed by atoms with Crippen LogP contribution in [0.4, 0.5) is 14.6 Å². The van der Waals surface area contributed by atoms with Crippen LogP contribution in [0.15, 0.2) is 17.1 Å². The topological polar surface area (TPSA) is 111 Å². The van der Waals surface area contributed by atoms with Crippen molar-refractivity contribution in [3.63, 3.8) is 0 Å². The number of alkyl halides is 2. The summed E-state index contributed by atoms with van der Waals surface area (Å²) < 4.78 is 33.2. The molecule has 1 aliphatic rings. The van der Waals surface area contributed by atoms with Crippen LogP contribution in [0.3, 0.4) is 0 Å². The van der Waals surface area contributed by atoms with E-state index < -0.39 is 36.2 Å². The van der Waals surface area contributed by atoms with Gasteiger partial charge in [-0.2, -0.15) is 13.8 Å². The Morgan fingerprint density at radius 2 is 2.26 bits per heavy atom. The number of aromatic nitrogens is 2. The van der Waals surface area contributed by atoms with E-state index in [1.165, 1.54) is 6.92 Å². The second kappa shape index (κ2) is 4.51. The molecule has 4 N–H and O–H groups in total. The molecule has 0 amide bonds. The largest absolute Gasteiger partial charge is 0.391 e. The Balaban J connectivity index is 2.42. The van der Waals surface area contributed by atoms with Gasteiger partial charge in [-0.3, -0.25) is 4.57 Å². The fraction of sp³-hybridized carbons (Fsp3) is 0.600. The lowest BCUT2D eigenvalue weighted by atomic mass is 10.1. The number of aliphatic hydroxyl groups is 2. The van der Waals surface area contributed by atoms with Crippen LogP contribution in [0.1, 0.15) is 13.2 Å². The first kappa shape index (κ1) is 13.8. The zero-order chi connectivity index (χ0) is 14.4. The van der Waals surface area contributed by atoms with E-state index in [2.05, 4.69) is 4.98 Å². The van der Waals surface area contributed by atoms with Crippen LogP contribution >= 0.6 is 0 Å². The van der Waals surface area contributed by atoms with Crippen molar-refractivity contribution >= 4 is 5.82 Å². The first-order valence-corrected chi connectivity index (χ1v) is 5.49. The summed E-state index contributed by atoms with van der Waals surface area (Å²) in [6.45, 7) is 1.20. The van der Waals surface area contributed by atoms with Crippen LogP contribution < -0.4 is 11.4 Å². The minimum atomic E-state index is -3.73. The van der Waals surface area contributed by atoms with Gasteiger partial charge in [0, 0.05) is 6.20 Å². The quantitative estimate of drug-likeness (QED) is 0.646. The third-order valence-corrected chi connectivity index (χ3v) is 2.90. The molecule has 0 saturated carbocycles. The Bertz CT molecular complexity index is 534. The van der Waals surface area contributed by atoms with E-state index in [1.807, 2.05) is 0 Å². The van der Waals surface area contributed by atoms with Crippen molar-refractivity contribution < 1.29 is 23.7 Å². The second-order valence-electron chi connectivity index (χ2n) is 4.36. The summed E-state index contributed by atoms with van der Waals surface area (Å²) >= 11 is 0. The number of halogens is 2. The van der Waals surface area contributed by atoms with Crippen LogP contribution in [0.5, 0.6) is 0 Å². The van der Waals surface area contributed by atoms with Gasteiger partial charge in [0.05, 0.1) is 6.10 Å². The van der Waals surface area contributed by atoms with E-state index in [-0.39, 0.29) is 5.82 Å². The number of nitrogens with two attached hydrogens (primary N) is 1. The molecule has 2 rings (SSSR count). The molecule has 1 saturated heterocycles. The molecule has 0 spiro atoms. The highest BCUT2D eigenvalue weighted by molar-refractivity contribution is 5.23. The van der Waals surface area contributed by atoms with Gasteiger partial charge in [-0.1, -0.05) is 0 Å². The number of ether oxygens (including phenoxy) is 1. The summed E-state index contributed by atoms with van der Waals surface area (Å²) in [7, 11) is 0. The van der Waals surface area contributed by atoms with Gasteiger partial charge in [0.25, 0.3) is 0 Å². The van der Waals surface area contributed by atoms with Crippen molar-refractivity contribution in [1.29, 1.82) is 0 Å². The Morgan fingerprint density at radius 3 is 2.74 bits per heavy atom. The molecule has 1 aromatic rings. The molecule has 7 nitrogen and oxygen atoms in total. The maximum atomic E-state index is 13.9. The summed E-state index contributed by atoms with van der Waals surface area (Å²) in [5.41, 5.74) is 4.23. The average molecular weight is 277 g/mol. The molecule has 19 heavy (non-hydrogen) atoms. The minimum Gasteiger partial charge on any atom is -0.391 e. The van der Waals surface area contributed by atoms with E-state index in [4.69, 9.17) is 10.5 Å². The number of hydrogen-bond acceptors (Lipinski definition) is 6. The number of nitrogen functional groups attached to an aromatic ring is 1. The highest BCUT2D eigenvalue weighted by atomic mass is 19.3. The van der Waals surface area contributed by atoms with Crippen molar-refractivity contribution in [2.75, 3.05) is 5.73 Å². The minimum absolute atomic E-state index is 0.116. The first-order valence-electron chi connectivity index (χ1n) is 5.49. The van der Waals surface area contributed by atoms with Gasteiger partial charge in [0.1, 0.15) is 11.9 Å². The van der Waals surface area contributed by atoms with Crippen LogP contribution in [0.25, 0.3) is 0 Å². The smallest absolute Gasteiger partial charge is 0.351 e. The van der Waals surface area contributed by atoms with Crippen LogP contribution in [-0.2, 0) is 4.74 Å². The maximum Gasteiger partial charge on any atom is 0.351 e. The number of nitrogens with zero attached hydrogens (tertiary/aromatic N) is 2. The molecule has 1 fully saturated rings. The predicted molar refractivity (Wildman–Crippen MR) is 59.5 cm³/mol. The molecule has 2 heterocycles. The molecular formula is C10H13F2N3O4. The number of rotatable bonds is 2. The van der Waals surface area contributed by atoms with Crippen molar-refractivity contribution in [3.8, 4) is 0 Å². The Labute approximate surface area is 106 Å². The molecule has 2 unspecified atom stereocenters.